The van der Waals surface area contributed by atoms with Crippen molar-refractivity contribution in [1.29, 1.82) is 0 Å². The number of nitrogens with zero attached hydrogens (tertiary/aromatic N) is 4. The molecule has 2 saturated heterocycles. The number of piperazine rings is 1. The second-order valence-corrected chi connectivity index (χ2v) is 10.8. The van der Waals surface area contributed by atoms with Crippen molar-refractivity contribution in [3.8, 4) is 0 Å². The highest BCUT2D eigenvalue weighted by atomic mass is 35.5. The van der Waals surface area contributed by atoms with Crippen LogP contribution in [-0.4, -0.2) is 76.9 Å². The van der Waals surface area contributed by atoms with Crippen molar-refractivity contribution >= 4 is 29.2 Å². The van der Waals surface area contributed by atoms with Gasteiger partial charge in [0.05, 0.1) is 11.3 Å². The van der Waals surface area contributed by atoms with Gasteiger partial charge in [-0.15, -0.1) is 0 Å². The Hall–Kier alpha value is -2.64. The highest BCUT2D eigenvalue weighted by Crippen LogP contribution is 2.31. The molecular formula is C28H36ClN5O2. The monoisotopic (exact) mass is 509 g/mol. The van der Waals surface area contributed by atoms with Gasteiger partial charge in [0.1, 0.15) is 0 Å². The van der Waals surface area contributed by atoms with Gasteiger partial charge in [-0.2, -0.15) is 0 Å². The van der Waals surface area contributed by atoms with Crippen molar-refractivity contribution in [2.24, 2.45) is 0 Å². The van der Waals surface area contributed by atoms with Crippen molar-refractivity contribution in [3.05, 3.63) is 58.4 Å². The third kappa shape index (κ3) is 5.68. The number of carbonyl (C=O) groups excluding carboxylic acids is 2. The van der Waals surface area contributed by atoms with Crippen LogP contribution in [0.3, 0.4) is 0 Å². The van der Waals surface area contributed by atoms with Crippen LogP contribution in [0.2, 0.25) is 5.02 Å². The van der Waals surface area contributed by atoms with Gasteiger partial charge in [-0.3, -0.25) is 14.7 Å². The zero-order chi connectivity index (χ0) is 25.1. The van der Waals surface area contributed by atoms with Gasteiger partial charge in [-0.05, 0) is 62.9 Å². The van der Waals surface area contributed by atoms with Crippen LogP contribution in [0.15, 0.2) is 36.4 Å². The van der Waals surface area contributed by atoms with Gasteiger partial charge in [0, 0.05) is 67.6 Å². The molecule has 3 amide bonds. The highest BCUT2D eigenvalue weighted by Gasteiger charge is 2.32. The van der Waals surface area contributed by atoms with Gasteiger partial charge in [0.2, 0.25) is 0 Å². The van der Waals surface area contributed by atoms with E-state index in [2.05, 4.69) is 10.2 Å². The van der Waals surface area contributed by atoms with E-state index in [4.69, 9.17) is 16.6 Å². The van der Waals surface area contributed by atoms with Crippen molar-refractivity contribution in [2.45, 2.75) is 57.4 Å². The Balaban J connectivity index is 1.21. The summed E-state index contributed by atoms with van der Waals surface area (Å²) in [6.45, 7) is 6.72. The summed E-state index contributed by atoms with van der Waals surface area (Å²) in [5, 5.41) is 3.53. The molecule has 2 aromatic rings. The fraction of sp³-hybridized carbons (Fsp3) is 0.536. The van der Waals surface area contributed by atoms with Crippen LogP contribution in [0.25, 0.3) is 0 Å². The first kappa shape index (κ1) is 25.0. The number of hydrogen-bond donors (Lipinski definition) is 1. The van der Waals surface area contributed by atoms with E-state index in [1.807, 2.05) is 41.0 Å². The number of halogens is 1. The molecule has 2 aliphatic heterocycles. The maximum Gasteiger partial charge on any atom is 0.321 e. The first-order valence-electron chi connectivity index (χ1n) is 13.3. The van der Waals surface area contributed by atoms with Crippen LogP contribution in [0.5, 0.6) is 0 Å². The van der Waals surface area contributed by atoms with Crippen LogP contribution >= 0.6 is 11.6 Å². The minimum absolute atomic E-state index is 0.102. The summed E-state index contributed by atoms with van der Waals surface area (Å²) in [6.07, 6.45) is 6.85. The summed E-state index contributed by atoms with van der Waals surface area (Å²) < 4.78 is 0. The number of urea groups is 1. The molecule has 0 unspecified atom stereocenters. The van der Waals surface area contributed by atoms with E-state index in [-0.39, 0.29) is 17.9 Å². The Labute approximate surface area is 218 Å². The lowest BCUT2D eigenvalue weighted by Gasteiger charge is -2.38. The molecular weight excluding hydrogens is 474 g/mol. The number of pyridine rings is 1. The predicted octanol–water partition coefficient (Wildman–Crippen LogP) is 5.16. The van der Waals surface area contributed by atoms with Crippen LogP contribution in [-0.2, 0) is 0 Å². The molecule has 3 aliphatic rings. The topological polar surface area (TPSA) is 68.8 Å². The molecule has 8 heteroatoms. The molecule has 1 saturated carbocycles. The van der Waals surface area contributed by atoms with E-state index in [1.54, 1.807) is 12.1 Å². The van der Waals surface area contributed by atoms with Crippen molar-refractivity contribution < 1.29 is 9.59 Å². The van der Waals surface area contributed by atoms with Gasteiger partial charge < -0.3 is 15.1 Å². The first-order valence-corrected chi connectivity index (χ1v) is 13.7. The highest BCUT2D eigenvalue weighted by molar-refractivity contribution is 6.30. The second kappa shape index (κ2) is 11.2. The minimum atomic E-state index is -0.121. The van der Waals surface area contributed by atoms with Crippen LogP contribution in [0, 0.1) is 6.92 Å². The second-order valence-electron chi connectivity index (χ2n) is 10.4. The lowest BCUT2D eigenvalue weighted by Crippen LogP contribution is -2.51. The van der Waals surface area contributed by atoms with E-state index in [0.717, 1.165) is 56.0 Å². The first-order chi connectivity index (χ1) is 17.5. The molecule has 0 radical (unpaired) electrons. The lowest BCUT2D eigenvalue weighted by atomic mass is 9.89. The summed E-state index contributed by atoms with van der Waals surface area (Å²) in [7, 11) is 0. The van der Waals surface area contributed by atoms with Crippen molar-refractivity contribution in [1.82, 2.24) is 19.7 Å². The summed E-state index contributed by atoms with van der Waals surface area (Å²) in [5.74, 6) is 0.267. The lowest BCUT2D eigenvalue weighted by molar-refractivity contribution is 0.0570. The molecule has 192 valence electrons. The van der Waals surface area contributed by atoms with Crippen LogP contribution < -0.4 is 5.32 Å². The number of benzene rings is 1. The smallest absolute Gasteiger partial charge is 0.321 e. The molecule has 3 heterocycles. The molecule has 1 aromatic heterocycles. The van der Waals surface area contributed by atoms with Crippen LogP contribution in [0.4, 0.5) is 10.5 Å². The molecule has 5 rings (SSSR count). The zero-order valence-corrected chi connectivity index (χ0v) is 21.8. The van der Waals surface area contributed by atoms with E-state index in [0.29, 0.717) is 29.8 Å². The largest absolute Gasteiger partial charge is 0.336 e. The molecule has 1 aromatic carbocycles. The maximum absolute atomic E-state index is 13.6. The fourth-order valence-corrected chi connectivity index (χ4v) is 6.11. The Morgan fingerprint density at radius 1 is 0.917 bits per heavy atom. The van der Waals surface area contributed by atoms with E-state index >= 15 is 0 Å². The number of nitrogens with one attached hydrogen (secondary N) is 1. The Morgan fingerprint density at radius 3 is 2.33 bits per heavy atom. The average molecular weight is 510 g/mol. The summed E-state index contributed by atoms with van der Waals surface area (Å²) in [4.78, 5) is 37.6. The normalized spacial score (nSPS) is 20.1. The van der Waals surface area contributed by atoms with E-state index < -0.39 is 0 Å². The fourth-order valence-electron chi connectivity index (χ4n) is 5.92. The summed E-state index contributed by atoms with van der Waals surface area (Å²) >= 11 is 6.04. The quantitative estimate of drug-likeness (QED) is 0.618. The molecule has 0 spiro atoms. The number of amides is 3. The third-order valence-electron chi connectivity index (χ3n) is 7.98. The van der Waals surface area contributed by atoms with Gasteiger partial charge in [-0.25, -0.2) is 4.79 Å². The van der Waals surface area contributed by atoms with E-state index in [9.17, 15) is 9.59 Å². The summed E-state index contributed by atoms with van der Waals surface area (Å²) in [5.41, 5.74) is 3.24. The summed E-state index contributed by atoms with van der Waals surface area (Å²) in [6, 6.07) is 11.7. The maximum atomic E-state index is 13.6. The zero-order valence-electron chi connectivity index (χ0n) is 21.1. The molecule has 0 bridgehead atoms. The Bertz CT molecular complexity index is 1090. The number of aryl methyl sites for hydroxylation is 1. The average Bonchev–Trinajstić information content (AvgIpc) is 3.44. The van der Waals surface area contributed by atoms with Gasteiger partial charge in [0.15, 0.2) is 0 Å². The molecule has 1 N–H and O–H groups in total. The number of aromatic nitrogens is 1. The molecule has 36 heavy (non-hydrogen) atoms. The Kier molecular flexibility index (Phi) is 7.77. The predicted molar refractivity (Wildman–Crippen MR) is 143 cm³/mol. The third-order valence-corrected chi connectivity index (χ3v) is 8.22. The van der Waals surface area contributed by atoms with Crippen molar-refractivity contribution in [3.63, 3.8) is 0 Å². The standard InChI is InChI=1S/C28H36ClN5O2/c1-20-9-10-25(27(35)33-17-15-32(16-18-33)24-7-2-3-8-24)26(30-20)21-11-13-34(14-12-21)28(36)31-23-6-4-5-22(29)19-23/h4-6,9-10,19,21,24H,2-3,7-8,11-18H2,1H3,(H,31,36). The van der Waals surface area contributed by atoms with Crippen LogP contribution in [0.1, 0.15) is 66.2 Å². The number of likely N-dealkylation sites (tertiary alicyclic amines) is 1. The minimum Gasteiger partial charge on any atom is -0.336 e. The number of rotatable bonds is 4. The van der Waals surface area contributed by atoms with Gasteiger partial charge >= 0.3 is 6.03 Å². The molecule has 7 nitrogen and oxygen atoms in total. The number of hydrogen-bond acceptors (Lipinski definition) is 4. The number of carbonyl (C=O) groups is 2. The number of anilines is 1. The van der Waals surface area contributed by atoms with Crippen molar-refractivity contribution in [2.75, 3.05) is 44.6 Å². The number of piperidine rings is 1. The van der Waals surface area contributed by atoms with E-state index in [1.165, 1.54) is 25.7 Å². The van der Waals surface area contributed by atoms with Gasteiger partial charge in [0.25, 0.3) is 5.91 Å². The Morgan fingerprint density at radius 2 is 1.64 bits per heavy atom. The van der Waals surface area contributed by atoms with Gasteiger partial charge in [-0.1, -0.05) is 30.5 Å². The molecule has 1 aliphatic carbocycles. The SMILES string of the molecule is Cc1ccc(C(=O)N2CCN(C3CCCC3)CC2)c(C2CCN(C(=O)Nc3cccc(Cl)c3)CC2)n1. The molecule has 3 fully saturated rings. The molecule has 0 atom stereocenters.